The van der Waals surface area contributed by atoms with Crippen LogP contribution >= 0.6 is 0 Å². The van der Waals surface area contributed by atoms with Crippen molar-refractivity contribution in [3.8, 4) is 0 Å². The van der Waals surface area contributed by atoms with Crippen molar-refractivity contribution in [3.63, 3.8) is 0 Å². The Morgan fingerprint density at radius 2 is 1.93 bits per heavy atom. The molecule has 10 heteroatoms. The largest absolute Gasteiger partial charge is 0.293 e. The zero-order valence-electron chi connectivity index (χ0n) is 15.5. The smallest absolute Gasteiger partial charge is 0.252 e. The molecule has 3 N–H and O–H groups in total. The summed E-state index contributed by atoms with van der Waals surface area (Å²) in [5.41, 5.74) is 1.59. The number of aromatic nitrogens is 2. The highest BCUT2D eigenvalue weighted by Gasteiger charge is 2.38. The third kappa shape index (κ3) is 4.89. The molecule has 0 bridgehead atoms. The SMILES string of the molecule is O=C(C[C@@H](CC1CCCC1)C(=O)N1N=CC[C@H]1C(=O)Nc1ncccn1)NO. The fourth-order valence-electron chi connectivity index (χ4n) is 3.78. The fraction of sp³-hybridized carbons (Fsp3) is 0.556. The van der Waals surface area contributed by atoms with E-state index in [2.05, 4.69) is 20.4 Å². The van der Waals surface area contributed by atoms with Crippen LogP contribution in [0, 0.1) is 11.8 Å². The van der Waals surface area contributed by atoms with Crippen molar-refractivity contribution in [1.82, 2.24) is 20.5 Å². The van der Waals surface area contributed by atoms with E-state index < -0.39 is 29.7 Å². The minimum atomic E-state index is -0.820. The summed E-state index contributed by atoms with van der Waals surface area (Å²) < 4.78 is 0. The molecular weight excluding hydrogens is 364 g/mol. The number of nitrogens with zero attached hydrogens (tertiary/aromatic N) is 4. The Kier molecular flexibility index (Phi) is 6.64. The molecule has 0 spiro atoms. The van der Waals surface area contributed by atoms with Crippen molar-refractivity contribution in [2.75, 3.05) is 5.32 Å². The molecule has 0 aromatic carbocycles. The first kappa shape index (κ1) is 19.9. The second-order valence-corrected chi connectivity index (χ2v) is 7.12. The highest BCUT2D eigenvalue weighted by atomic mass is 16.5. The predicted molar refractivity (Wildman–Crippen MR) is 99.0 cm³/mol. The zero-order chi connectivity index (χ0) is 19.9. The number of hydrogen-bond donors (Lipinski definition) is 3. The average Bonchev–Trinajstić information content (AvgIpc) is 3.39. The van der Waals surface area contributed by atoms with Gasteiger partial charge in [-0.25, -0.2) is 20.5 Å². The van der Waals surface area contributed by atoms with Crippen LogP contribution < -0.4 is 10.8 Å². The molecule has 3 rings (SSSR count). The van der Waals surface area contributed by atoms with E-state index >= 15 is 0 Å². The summed E-state index contributed by atoms with van der Waals surface area (Å²) in [6, 6.07) is 0.809. The van der Waals surface area contributed by atoms with Crippen LogP contribution in [0.5, 0.6) is 0 Å². The van der Waals surface area contributed by atoms with Gasteiger partial charge in [-0.05, 0) is 18.4 Å². The lowest BCUT2D eigenvalue weighted by Gasteiger charge is -2.26. The minimum Gasteiger partial charge on any atom is -0.293 e. The van der Waals surface area contributed by atoms with Crippen LogP contribution in [-0.2, 0) is 14.4 Å². The lowest BCUT2D eigenvalue weighted by Crippen LogP contribution is -2.45. The summed E-state index contributed by atoms with van der Waals surface area (Å²) in [6.45, 7) is 0. The lowest BCUT2D eigenvalue weighted by atomic mass is 9.89. The number of hydrogen-bond acceptors (Lipinski definition) is 7. The van der Waals surface area contributed by atoms with Crippen LogP contribution in [0.3, 0.4) is 0 Å². The van der Waals surface area contributed by atoms with Crippen molar-refractivity contribution >= 4 is 29.9 Å². The number of carbonyl (C=O) groups is 3. The summed E-state index contributed by atoms with van der Waals surface area (Å²) in [7, 11) is 0. The molecule has 3 amide bonds. The Labute approximate surface area is 162 Å². The molecule has 1 aromatic rings. The third-order valence-corrected chi connectivity index (χ3v) is 5.16. The van der Waals surface area contributed by atoms with Gasteiger partial charge in [-0.1, -0.05) is 25.7 Å². The molecule has 10 nitrogen and oxygen atoms in total. The van der Waals surface area contributed by atoms with Crippen molar-refractivity contribution in [3.05, 3.63) is 18.5 Å². The van der Waals surface area contributed by atoms with Gasteiger partial charge < -0.3 is 0 Å². The number of carbonyl (C=O) groups excluding carboxylic acids is 3. The predicted octanol–water partition coefficient (Wildman–Crippen LogP) is 1.09. The topological polar surface area (TPSA) is 137 Å². The van der Waals surface area contributed by atoms with Gasteiger partial charge >= 0.3 is 0 Å². The van der Waals surface area contributed by atoms with Gasteiger partial charge in [0.05, 0.1) is 0 Å². The van der Waals surface area contributed by atoms with E-state index in [1.54, 1.807) is 11.5 Å². The highest BCUT2D eigenvalue weighted by molar-refractivity contribution is 5.99. The maximum absolute atomic E-state index is 13.1. The molecule has 1 saturated carbocycles. The second kappa shape index (κ2) is 9.36. The van der Waals surface area contributed by atoms with Crippen LogP contribution in [0.1, 0.15) is 44.9 Å². The van der Waals surface area contributed by atoms with Crippen molar-refractivity contribution < 1.29 is 19.6 Å². The Morgan fingerprint density at radius 1 is 1.21 bits per heavy atom. The minimum absolute atomic E-state index is 0.145. The van der Waals surface area contributed by atoms with Gasteiger partial charge in [0.1, 0.15) is 6.04 Å². The van der Waals surface area contributed by atoms with E-state index in [1.807, 2.05) is 0 Å². The molecule has 150 valence electrons. The van der Waals surface area contributed by atoms with Crippen LogP contribution in [0.15, 0.2) is 23.6 Å². The van der Waals surface area contributed by atoms with Gasteiger partial charge in [-0.2, -0.15) is 5.10 Å². The Bertz CT molecular complexity index is 735. The fourth-order valence-corrected chi connectivity index (χ4v) is 3.78. The maximum Gasteiger partial charge on any atom is 0.252 e. The van der Waals surface area contributed by atoms with Crippen LogP contribution in [0.25, 0.3) is 0 Å². The Hall–Kier alpha value is -2.88. The second-order valence-electron chi connectivity index (χ2n) is 7.12. The van der Waals surface area contributed by atoms with Gasteiger partial charge in [0.2, 0.25) is 17.8 Å². The van der Waals surface area contributed by atoms with Crippen molar-refractivity contribution in [2.45, 2.75) is 51.0 Å². The van der Waals surface area contributed by atoms with E-state index in [0.29, 0.717) is 12.3 Å². The van der Waals surface area contributed by atoms with E-state index in [0.717, 1.165) is 30.7 Å². The Balaban J connectivity index is 1.69. The number of hydrazone groups is 1. The van der Waals surface area contributed by atoms with Crippen LogP contribution in [-0.4, -0.2) is 50.2 Å². The molecule has 2 heterocycles. The van der Waals surface area contributed by atoms with E-state index in [-0.39, 0.29) is 18.8 Å². The average molecular weight is 388 g/mol. The van der Waals surface area contributed by atoms with Gasteiger partial charge in [-0.3, -0.25) is 24.9 Å². The molecule has 1 fully saturated rings. The summed E-state index contributed by atoms with van der Waals surface area (Å²) in [4.78, 5) is 45.3. The summed E-state index contributed by atoms with van der Waals surface area (Å²) in [5, 5.41) is 16.7. The number of rotatable bonds is 7. The quantitative estimate of drug-likeness (QED) is 0.472. The first-order valence-electron chi connectivity index (χ1n) is 9.44. The first-order chi connectivity index (χ1) is 13.6. The van der Waals surface area contributed by atoms with Crippen LogP contribution in [0.2, 0.25) is 0 Å². The molecule has 0 radical (unpaired) electrons. The molecular formula is C18H24N6O4. The normalized spacial score (nSPS) is 20.2. The van der Waals surface area contributed by atoms with Gasteiger partial charge in [0.15, 0.2) is 0 Å². The monoisotopic (exact) mass is 388 g/mol. The van der Waals surface area contributed by atoms with Crippen molar-refractivity contribution in [1.29, 1.82) is 0 Å². The molecule has 1 aliphatic heterocycles. The first-order valence-corrected chi connectivity index (χ1v) is 9.44. The molecule has 2 aliphatic rings. The summed E-state index contributed by atoms with van der Waals surface area (Å²) in [5.74, 6) is -1.60. The van der Waals surface area contributed by atoms with Crippen LogP contribution in [0.4, 0.5) is 5.95 Å². The lowest BCUT2D eigenvalue weighted by molar-refractivity contribution is -0.144. The number of amides is 3. The molecule has 28 heavy (non-hydrogen) atoms. The summed E-state index contributed by atoms with van der Waals surface area (Å²) >= 11 is 0. The highest BCUT2D eigenvalue weighted by Crippen LogP contribution is 2.33. The number of anilines is 1. The van der Waals surface area contributed by atoms with Crippen molar-refractivity contribution in [2.24, 2.45) is 16.9 Å². The standard InChI is InChI=1S/C18H24N6O4/c25-15(23-28)11-13(10-12-4-1-2-5-12)17(27)24-14(6-9-21-24)16(26)22-18-19-7-3-8-20-18/h3,7-9,12-14,28H,1-2,4-6,10-11H2,(H,23,25)(H,19,20,22,26)/t13-,14+/m1/s1. The third-order valence-electron chi connectivity index (χ3n) is 5.16. The van der Waals surface area contributed by atoms with E-state index in [4.69, 9.17) is 5.21 Å². The van der Waals surface area contributed by atoms with E-state index in [9.17, 15) is 14.4 Å². The molecule has 0 unspecified atom stereocenters. The molecule has 1 aromatic heterocycles. The van der Waals surface area contributed by atoms with Gasteiger partial charge in [-0.15, -0.1) is 0 Å². The van der Waals surface area contributed by atoms with Gasteiger partial charge in [0, 0.05) is 37.4 Å². The maximum atomic E-state index is 13.1. The zero-order valence-corrected chi connectivity index (χ0v) is 15.5. The Morgan fingerprint density at radius 3 is 2.61 bits per heavy atom. The molecule has 0 saturated heterocycles. The van der Waals surface area contributed by atoms with Gasteiger partial charge in [0.25, 0.3) is 5.91 Å². The molecule has 2 atom stereocenters. The number of hydroxylamine groups is 1. The molecule has 1 aliphatic carbocycles. The summed E-state index contributed by atoms with van der Waals surface area (Å²) in [6.07, 6.45) is 9.43. The van der Waals surface area contributed by atoms with E-state index in [1.165, 1.54) is 18.6 Å². The number of nitrogens with one attached hydrogen (secondary N) is 2.